The molecular formula is C8H6ClO2-. The Morgan fingerprint density at radius 3 is 2.82 bits per heavy atom. The molecule has 3 heteroatoms. The van der Waals surface area contributed by atoms with Gasteiger partial charge in [0.1, 0.15) is 0 Å². The Morgan fingerprint density at radius 2 is 2.27 bits per heavy atom. The number of aliphatic carboxylic acids is 1. The summed E-state index contributed by atoms with van der Waals surface area (Å²) in [5.74, 6) is -1.09. The molecule has 0 aliphatic carbocycles. The molecule has 1 rings (SSSR count). The van der Waals surface area contributed by atoms with E-state index in [1.807, 2.05) is 0 Å². The SMILES string of the molecule is O=C([O-])Cc1cccc(Cl)c1. The van der Waals surface area contributed by atoms with Crippen molar-refractivity contribution in [1.82, 2.24) is 0 Å². The molecule has 0 saturated heterocycles. The highest BCUT2D eigenvalue weighted by Gasteiger charge is 1.93. The van der Waals surface area contributed by atoms with Crippen LogP contribution < -0.4 is 5.11 Å². The summed E-state index contributed by atoms with van der Waals surface area (Å²) in [6, 6.07) is 6.71. The molecule has 0 radical (unpaired) electrons. The van der Waals surface area contributed by atoms with E-state index in [1.165, 1.54) is 0 Å². The van der Waals surface area contributed by atoms with E-state index in [1.54, 1.807) is 24.3 Å². The maximum absolute atomic E-state index is 10.1. The minimum Gasteiger partial charge on any atom is -0.550 e. The number of benzene rings is 1. The van der Waals surface area contributed by atoms with E-state index in [0.717, 1.165) is 0 Å². The minimum absolute atomic E-state index is 0.0828. The Hall–Kier alpha value is -1.02. The predicted molar refractivity (Wildman–Crippen MR) is 40.2 cm³/mol. The Balaban J connectivity index is 2.79. The van der Waals surface area contributed by atoms with Crippen LogP contribution in [0.1, 0.15) is 5.56 Å². The van der Waals surface area contributed by atoms with Crippen molar-refractivity contribution in [2.75, 3.05) is 0 Å². The molecule has 0 heterocycles. The van der Waals surface area contributed by atoms with Crippen molar-refractivity contribution in [1.29, 1.82) is 0 Å². The first-order valence-corrected chi connectivity index (χ1v) is 3.50. The molecule has 0 aliphatic rings. The van der Waals surface area contributed by atoms with Gasteiger partial charge in [0.25, 0.3) is 0 Å². The van der Waals surface area contributed by atoms with E-state index in [9.17, 15) is 9.90 Å². The summed E-state index contributed by atoms with van der Waals surface area (Å²) in [4.78, 5) is 10.1. The van der Waals surface area contributed by atoms with Gasteiger partial charge in [-0.05, 0) is 17.7 Å². The van der Waals surface area contributed by atoms with Crippen LogP contribution >= 0.6 is 11.6 Å². The zero-order valence-corrected chi connectivity index (χ0v) is 6.47. The second-order valence-corrected chi connectivity index (χ2v) is 2.62. The van der Waals surface area contributed by atoms with Crippen molar-refractivity contribution in [3.05, 3.63) is 34.9 Å². The molecule has 0 bridgehead atoms. The summed E-state index contributed by atoms with van der Waals surface area (Å²) in [5.41, 5.74) is 0.664. The summed E-state index contributed by atoms with van der Waals surface area (Å²) in [7, 11) is 0. The monoisotopic (exact) mass is 169 g/mol. The fourth-order valence-electron chi connectivity index (χ4n) is 0.814. The van der Waals surface area contributed by atoms with Crippen molar-refractivity contribution in [3.63, 3.8) is 0 Å². The molecule has 0 fully saturated rings. The first-order chi connectivity index (χ1) is 5.18. The van der Waals surface area contributed by atoms with Gasteiger partial charge in [0.05, 0.1) is 0 Å². The summed E-state index contributed by atoms with van der Waals surface area (Å²) >= 11 is 5.61. The van der Waals surface area contributed by atoms with Gasteiger partial charge < -0.3 is 9.90 Å². The normalized spacial score (nSPS) is 9.55. The third-order valence-electron chi connectivity index (χ3n) is 1.24. The van der Waals surface area contributed by atoms with Gasteiger partial charge in [-0.25, -0.2) is 0 Å². The molecule has 0 amide bonds. The lowest BCUT2D eigenvalue weighted by Gasteiger charge is -2.01. The highest BCUT2D eigenvalue weighted by atomic mass is 35.5. The predicted octanol–water partition coefficient (Wildman–Crippen LogP) is 0.632. The molecular weight excluding hydrogens is 164 g/mol. The summed E-state index contributed by atoms with van der Waals surface area (Å²) in [5, 5.41) is 10.7. The molecule has 0 atom stereocenters. The van der Waals surface area contributed by atoms with Gasteiger partial charge in [0.15, 0.2) is 0 Å². The van der Waals surface area contributed by atoms with E-state index in [0.29, 0.717) is 10.6 Å². The van der Waals surface area contributed by atoms with E-state index < -0.39 is 5.97 Å². The lowest BCUT2D eigenvalue weighted by atomic mass is 10.2. The maximum atomic E-state index is 10.1. The van der Waals surface area contributed by atoms with Crippen LogP contribution in [-0.2, 0) is 11.2 Å². The van der Waals surface area contributed by atoms with Crippen LogP contribution in [0.2, 0.25) is 5.02 Å². The van der Waals surface area contributed by atoms with Crippen LogP contribution in [0.4, 0.5) is 0 Å². The highest BCUT2D eigenvalue weighted by molar-refractivity contribution is 6.30. The third-order valence-corrected chi connectivity index (χ3v) is 1.47. The zero-order valence-electron chi connectivity index (χ0n) is 5.71. The molecule has 58 valence electrons. The van der Waals surface area contributed by atoms with E-state index in [2.05, 4.69) is 0 Å². The number of carbonyl (C=O) groups excluding carboxylic acids is 1. The minimum atomic E-state index is -1.09. The Morgan fingerprint density at radius 1 is 1.55 bits per heavy atom. The summed E-state index contributed by atoms with van der Waals surface area (Å²) in [6.45, 7) is 0. The fraction of sp³-hybridized carbons (Fsp3) is 0.125. The first-order valence-electron chi connectivity index (χ1n) is 3.13. The van der Waals surface area contributed by atoms with Gasteiger partial charge in [-0.2, -0.15) is 0 Å². The highest BCUT2D eigenvalue weighted by Crippen LogP contribution is 2.10. The van der Waals surface area contributed by atoms with Gasteiger partial charge in [-0.1, -0.05) is 23.7 Å². The van der Waals surface area contributed by atoms with Gasteiger partial charge in [-0.3, -0.25) is 0 Å². The average Bonchev–Trinajstić information content (AvgIpc) is 1.85. The van der Waals surface area contributed by atoms with Gasteiger partial charge in [-0.15, -0.1) is 0 Å². The molecule has 0 N–H and O–H groups in total. The number of carboxylic acids is 1. The number of carbonyl (C=O) groups is 1. The molecule has 0 spiro atoms. The smallest absolute Gasteiger partial charge is 0.0458 e. The standard InChI is InChI=1S/C8H7ClO2/c9-7-3-1-2-6(4-7)5-8(10)11/h1-4H,5H2,(H,10,11)/p-1. The largest absolute Gasteiger partial charge is 0.550 e. The molecule has 0 aromatic heterocycles. The molecule has 0 unspecified atom stereocenters. The Bertz CT molecular complexity index is 271. The van der Waals surface area contributed by atoms with E-state index in [-0.39, 0.29) is 6.42 Å². The topological polar surface area (TPSA) is 40.1 Å². The molecule has 2 nitrogen and oxygen atoms in total. The lowest BCUT2D eigenvalue weighted by molar-refractivity contribution is -0.304. The first kappa shape index (κ1) is 8.08. The second kappa shape index (κ2) is 3.39. The second-order valence-electron chi connectivity index (χ2n) is 2.18. The van der Waals surface area contributed by atoms with Crippen LogP contribution in [0.25, 0.3) is 0 Å². The lowest BCUT2D eigenvalue weighted by Crippen LogP contribution is -2.24. The molecule has 1 aromatic rings. The van der Waals surface area contributed by atoms with Crippen molar-refractivity contribution in [2.24, 2.45) is 0 Å². The zero-order chi connectivity index (χ0) is 8.27. The van der Waals surface area contributed by atoms with Crippen molar-refractivity contribution in [3.8, 4) is 0 Å². The Kier molecular flexibility index (Phi) is 2.49. The molecule has 0 aliphatic heterocycles. The van der Waals surface area contributed by atoms with E-state index in [4.69, 9.17) is 11.6 Å². The number of hydrogen-bond acceptors (Lipinski definition) is 2. The van der Waals surface area contributed by atoms with Gasteiger partial charge in [0, 0.05) is 17.4 Å². The van der Waals surface area contributed by atoms with Gasteiger partial charge >= 0.3 is 0 Å². The fourth-order valence-corrected chi connectivity index (χ4v) is 1.03. The number of halogens is 1. The Labute approximate surface area is 69.4 Å². The number of rotatable bonds is 2. The number of carboxylic acid groups (broad SMARTS) is 1. The number of hydrogen-bond donors (Lipinski definition) is 0. The molecule has 0 saturated carbocycles. The van der Waals surface area contributed by atoms with E-state index >= 15 is 0 Å². The van der Waals surface area contributed by atoms with Crippen LogP contribution in [-0.4, -0.2) is 5.97 Å². The van der Waals surface area contributed by atoms with Gasteiger partial charge in [0.2, 0.25) is 0 Å². The average molecular weight is 170 g/mol. The van der Waals surface area contributed by atoms with Crippen LogP contribution in [0.15, 0.2) is 24.3 Å². The van der Waals surface area contributed by atoms with Crippen LogP contribution in [0.5, 0.6) is 0 Å². The van der Waals surface area contributed by atoms with Crippen molar-refractivity contribution in [2.45, 2.75) is 6.42 Å². The van der Waals surface area contributed by atoms with Crippen molar-refractivity contribution < 1.29 is 9.90 Å². The molecule has 1 aromatic carbocycles. The molecule has 11 heavy (non-hydrogen) atoms. The summed E-state index contributed by atoms with van der Waals surface area (Å²) in [6.07, 6.45) is -0.0828. The summed E-state index contributed by atoms with van der Waals surface area (Å²) < 4.78 is 0. The maximum Gasteiger partial charge on any atom is 0.0458 e. The third kappa shape index (κ3) is 2.60. The quantitative estimate of drug-likeness (QED) is 0.652. The van der Waals surface area contributed by atoms with Crippen LogP contribution in [0.3, 0.4) is 0 Å². The van der Waals surface area contributed by atoms with Crippen molar-refractivity contribution >= 4 is 17.6 Å². The van der Waals surface area contributed by atoms with Crippen LogP contribution in [0, 0.1) is 0 Å².